The monoisotopic (exact) mass is 422 g/mol. The first-order chi connectivity index (χ1) is 12.8. The second kappa shape index (κ2) is 7.07. The zero-order chi connectivity index (χ0) is 20.9. The quantitative estimate of drug-likeness (QED) is 0.425. The van der Waals surface area contributed by atoms with Crippen molar-refractivity contribution >= 4 is 22.4 Å². The van der Waals surface area contributed by atoms with Crippen molar-refractivity contribution in [3.63, 3.8) is 0 Å². The number of alkyl halides is 3. The summed E-state index contributed by atoms with van der Waals surface area (Å²) in [6.07, 6.45) is -3.03. The van der Waals surface area contributed by atoms with Crippen LogP contribution < -0.4 is 4.65 Å². The fraction of sp³-hybridized carbons (Fsp3) is 0.611. The van der Waals surface area contributed by atoms with Gasteiger partial charge in [0.25, 0.3) is 0 Å². The maximum atomic E-state index is 14.5. The maximum Gasteiger partial charge on any atom is 0.400 e. The molecular formula is C18H22F4N2O3S. The number of rotatable bonds is 4. The second-order valence-corrected chi connectivity index (χ2v) is 9.28. The number of quaternary nitrogens is 1. The molecule has 1 saturated carbocycles. The van der Waals surface area contributed by atoms with Crippen LogP contribution in [0, 0.1) is 23.4 Å². The third-order valence-electron chi connectivity index (χ3n) is 5.49. The first-order valence-electron chi connectivity index (χ1n) is 8.98. The lowest BCUT2D eigenvalue weighted by Gasteiger charge is -2.48. The zero-order valence-electron chi connectivity index (χ0n) is 15.6. The topological polar surface area (TPSA) is 60.4 Å². The van der Waals surface area contributed by atoms with E-state index in [-0.39, 0.29) is 53.6 Å². The highest BCUT2D eigenvalue weighted by Crippen LogP contribution is 2.46. The molecular weight excluding hydrogens is 400 g/mol. The van der Waals surface area contributed by atoms with E-state index in [1.54, 1.807) is 4.90 Å². The molecule has 0 radical (unpaired) electrons. The van der Waals surface area contributed by atoms with Crippen LogP contribution in [0.2, 0.25) is 0 Å². The van der Waals surface area contributed by atoms with Crippen molar-refractivity contribution in [2.75, 3.05) is 31.9 Å². The largest absolute Gasteiger partial charge is 0.627 e. The molecule has 1 atom stereocenters. The van der Waals surface area contributed by atoms with Crippen LogP contribution in [0.15, 0.2) is 17.0 Å². The van der Waals surface area contributed by atoms with Gasteiger partial charge in [-0.2, -0.15) is 13.2 Å². The Morgan fingerprint density at radius 2 is 1.86 bits per heavy atom. The molecule has 1 aromatic carbocycles. The Bertz CT molecular complexity index is 816. The van der Waals surface area contributed by atoms with Gasteiger partial charge in [0.15, 0.2) is 11.5 Å². The van der Waals surface area contributed by atoms with E-state index in [1.807, 2.05) is 6.92 Å². The molecule has 156 valence electrons. The van der Waals surface area contributed by atoms with Gasteiger partial charge in [0.2, 0.25) is 5.91 Å². The molecule has 1 aliphatic heterocycles. The molecule has 0 spiro atoms. The van der Waals surface area contributed by atoms with E-state index in [0.29, 0.717) is 0 Å². The lowest BCUT2D eigenvalue weighted by molar-refractivity contribution is -0.137. The Hall–Kier alpha value is -1.52. The number of amides is 1. The molecule has 10 heteroatoms. The van der Waals surface area contributed by atoms with Crippen LogP contribution in [0.25, 0.3) is 0 Å². The average Bonchev–Trinajstić information content (AvgIpc) is 3.32. The number of nitrogens with zero attached hydrogens (tertiary/aromatic N) is 2. The zero-order valence-corrected chi connectivity index (χ0v) is 16.5. The third kappa shape index (κ3) is 4.23. The summed E-state index contributed by atoms with van der Waals surface area (Å²) in [6.45, 7) is 3.31. The molecule has 0 bridgehead atoms. The van der Waals surface area contributed by atoms with Crippen LogP contribution in [0.3, 0.4) is 0 Å². The average molecular weight is 422 g/mol. The van der Waals surface area contributed by atoms with Gasteiger partial charge in [-0.1, -0.05) is 6.92 Å². The van der Waals surface area contributed by atoms with Crippen LogP contribution in [-0.4, -0.2) is 53.1 Å². The van der Waals surface area contributed by atoms with Crippen molar-refractivity contribution in [2.24, 2.45) is 5.41 Å². The summed E-state index contributed by atoms with van der Waals surface area (Å²) in [4.78, 5) is 13.8. The Balaban J connectivity index is 1.82. The van der Waals surface area contributed by atoms with Crippen molar-refractivity contribution in [2.45, 2.75) is 37.8 Å². The molecule has 1 aliphatic carbocycles. The highest BCUT2D eigenvalue weighted by molar-refractivity contribution is 7.85. The number of aryl methyl sites for hydroxylation is 1. The van der Waals surface area contributed by atoms with E-state index in [1.165, 1.54) is 6.92 Å². The van der Waals surface area contributed by atoms with Crippen molar-refractivity contribution in [3.8, 4) is 0 Å². The van der Waals surface area contributed by atoms with Gasteiger partial charge in [-0.25, -0.2) is 4.39 Å². The summed E-state index contributed by atoms with van der Waals surface area (Å²) >= 11 is 0. The van der Waals surface area contributed by atoms with E-state index in [4.69, 9.17) is 0 Å². The minimum Gasteiger partial charge on any atom is -0.627 e. The van der Waals surface area contributed by atoms with Gasteiger partial charge >= 0.3 is 6.18 Å². The number of halogens is 4. The Morgan fingerprint density at radius 3 is 2.36 bits per heavy atom. The van der Waals surface area contributed by atoms with Gasteiger partial charge in [-0.15, -0.1) is 0 Å². The van der Waals surface area contributed by atoms with Crippen molar-refractivity contribution in [1.29, 1.82) is 0 Å². The van der Waals surface area contributed by atoms with Gasteiger partial charge in [0.05, 0.1) is 23.9 Å². The van der Waals surface area contributed by atoms with E-state index in [2.05, 4.69) is 0 Å². The predicted octanol–water partition coefficient (Wildman–Crippen LogP) is 3.25. The van der Waals surface area contributed by atoms with E-state index >= 15 is 0 Å². The summed E-state index contributed by atoms with van der Waals surface area (Å²) in [7, 11) is -2.43. The van der Waals surface area contributed by atoms with Crippen molar-refractivity contribution in [3.05, 3.63) is 28.7 Å². The Morgan fingerprint density at radius 1 is 1.29 bits per heavy atom. The Kier molecular flexibility index (Phi) is 5.35. The van der Waals surface area contributed by atoms with E-state index in [9.17, 15) is 31.8 Å². The smallest absolute Gasteiger partial charge is 0.400 e. The van der Waals surface area contributed by atoms with Gasteiger partial charge in [0.1, 0.15) is 18.8 Å². The fourth-order valence-electron chi connectivity index (χ4n) is 3.44. The molecule has 1 aromatic rings. The van der Waals surface area contributed by atoms with Crippen LogP contribution in [0.5, 0.6) is 0 Å². The van der Waals surface area contributed by atoms with Gasteiger partial charge < -0.3 is 14.8 Å². The summed E-state index contributed by atoms with van der Waals surface area (Å²) < 4.78 is 63.3. The highest BCUT2D eigenvalue weighted by Gasteiger charge is 2.48. The first kappa shape index (κ1) is 21.2. The van der Waals surface area contributed by atoms with Crippen LogP contribution in [0.1, 0.15) is 25.3 Å². The molecule has 2 aliphatic rings. The lowest BCUT2D eigenvalue weighted by Crippen LogP contribution is -2.59. The minimum absolute atomic E-state index is 0.0184. The molecule has 1 unspecified atom stereocenters. The number of hydrogen-bond acceptors (Lipinski definition) is 3. The molecule has 1 saturated heterocycles. The van der Waals surface area contributed by atoms with Gasteiger partial charge in [-0.05, 0) is 31.4 Å². The van der Waals surface area contributed by atoms with Crippen LogP contribution in [0.4, 0.5) is 23.2 Å². The Labute approximate surface area is 162 Å². The number of hydroxylamine groups is 2. The molecule has 2 fully saturated rings. The number of carbonyl (C=O) groups is 1. The standard InChI is InChI=1S/C18H22F4N2O3S/c1-12-9-13(19)14(10-15(12)28(27)11-18(20,21)22)24(26)7-5-23(6-8-24)16(25)17(2)3-4-17/h9-10H,3-8,11H2,1-2H3. The van der Waals surface area contributed by atoms with Crippen molar-refractivity contribution in [1.82, 2.24) is 9.55 Å². The molecule has 28 heavy (non-hydrogen) atoms. The van der Waals surface area contributed by atoms with Crippen LogP contribution >= 0.6 is 0 Å². The summed E-state index contributed by atoms with van der Waals surface area (Å²) in [5.74, 6) is -2.41. The van der Waals surface area contributed by atoms with E-state index < -0.39 is 33.2 Å². The third-order valence-corrected chi connectivity index (χ3v) is 7.01. The summed E-state index contributed by atoms with van der Waals surface area (Å²) in [5.41, 5.74) is -0.598. The molecule has 1 amide bonds. The molecule has 1 heterocycles. The molecule has 3 rings (SSSR count). The van der Waals surface area contributed by atoms with Crippen molar-refractivity contribution < 1.29 is 26.6 Å². The summed E-state index contributed by atoms with van der Waals surface area (Å²) in [5, 5.41) is 13.2. The fourth-order valence-corrected chi connectivity index (χ4v) is 4.56. The number of hydrogen-bond donors (Lipinski definition) is 0. The number of carbonyl (C=O) groups excluding carboxylic acids is 1. The lowest BCUT2D eigenvalue weighted by atomic mass is 10.1. The van der Waals surface area contributed by atoms with Gasteiger partial charge in [-0.3, -0.25) is 9.00 Å². The normalized spacial score (nSPS) is 22.0. The minimum atomic E-state index is -4.64. The molecule has 5 nitrogen and oxygen atoms in total. The molecule has 0 aromatic heterocycles. The highest BCUT2D eigenvalue weighted by atomic mass is 32.2. The van der Waals surface area contributed by atoms with E-state index in [0.717, 1.165) is 25.0 Å². The molecule has 0 N–H and O–H groups in total. The first-order valence-corrected chi connectivity index (χ1v) is 10.3. The maximum absolute atomic E-state index is 14.5. The van der Waals surface area contributed by atoms with Crippen LogP contribution in [-0.2, 0) is 15.6 Å². The second-order valence-electron chi connectivity index (χ2n) is 7.86. The SMILES string of the molecule is Cc1cc(F)c([N+]2([O-])CCN(C(=O)C3(C)CC3)CC2)cc1S(=O)CC(F)(F)F. The van der Waals surface area contributed by atoms with Gasteiger partial charge in [0, 0.05) is 16.4 Å². The predicted molar refractivity (Wildman–Crippen MR) is 97.3 cm³/mol. The number of benzene rings is 1. The summed E-state index contributed by atoms with van der Waals surface area (Å²) in [6, 6.07) is 1.96. The number of piperazine rings is 1.